The van der Waals surface area contributed by atoms with Gasteiger partial charge in [-0.05, 0) is 26.8 Å². The number of alkyl carbamates (subject to hydrolysis) is 1. The zero-order valence-corrected chi connectivity index (χ0v) is 12.1. The van der Waals surface area contributed by atoms with Gasteiger partial charge in [-0.15, -0.1) is 0 Å². The SMILES string of the molecule is CC(C)(C)OC(=O)NC(C=O)c1c(F)ccc([N+](=O)[O-])c1F. The second-order valence-electron chi connectivity index (χ2n) is 5.31. The largest absolute Gasteiger partial charge is 0.444 e. The van der Waals surface area contributed by atoms with Crippen molar-refractivity contribution in [3.05, 3.63) is 39.4 Å². The van der Waals surface area contributed by atoms with Crippen LogP contribution in [0.5, 0.6) is 0 Å². The number of rotatable bonds is 4. The molecule has 1 aromatic carbocycles. The van der Waals surface area contributed by atoms with Crippen molar-refractivity contribution in [3.63, 3.8) is 0 Å². The molecule has 9 heteroatoms. The standard InChI is InChI=1S/C13H14F2N2O5/c1-13(2,3)22-12(19)16-8(6-18)10-7(14)4-5-9(11(10)15)17(20)21/h4-6,8H,1-3H3,(H,16,19). The Hall–Kier alpha value is -2.58. The average molecular weight is 316 g/mol. The van der Waals surface area contributed by atoms with E-state index < -0.39 is 45.5 Å². The van der Waals surface area contributed by atoms with E-state index in [-0.39, 0.29) is 6.29 Å². The van der Waals surface area contributed by atoms with E-state index in [1.54, 1.807) is 20.8 Å². The van der Waals surface area contributed by atoms with Crippen LogP contribution in [-0.2, 0) is 9.53 Å². The highest BCUT2D eigenvalue weighted by Crippen LogP contribution is 2.27. The van der Waals surface area contributed by atoms with Gasteiger partial charge in [-0.25, -0.2) is 9.18 Å². The van der Waals surface area contributed by atoms with Crippen LogP contribution < -0.4 is 5.32 Å². The minimum absolute atomic E-state index is 0.0507. The van der Waals surface area contributed by atoms with Crippen LogP contribution in [0.25, 0.3) is 0 Å². The van der Waals surface area contributed by atoms with Gasteiger partial charge in [0, 0.05) is 6.07 Å². The number of nitrogens with zero attached hydrogens (tertiary/aromatic N) is 1. The summed E-state index contributed by atoms with van der Waals surface area (Å²) >= 11 is 0. The highest BCUT2D eigenvalue weighted by atomic mass is 19.1. The monoisotopic (exact) mass is 316 g/mol. The average Bonchev–Trinajstić information content (AvgIpc) is 2.34. The lowest BCUT2D eigenvalue weighted by Crippen LogP contribution is -2.36. The molecule has 22 heavy (non-hydrogen) atoms. The molecule has 0 aliphatic heterocycles. The van der Waals surface area contributed by atoms with Gasteiger partial charge in [0.05, 0.1) is 10.5 Å². The number of nitro benzene ring substituents is 1. The lowest BCUT2D eigenvalue weighted by molar-refractivity contribution is -0.387. The van der Waals surface area contributed by atoms with E-state index in [1.165, 1.54) is 0 Å². The van der Waals surface area contributed by atoms with Crippen molar-refractivity contribution in [2.45, 2.75) is 32.4 Å². The summed E-state index contributed by atoms with van der Waals surface area (Å²) in [6, 6.07) is -0.484. The van der Waals surface area contributed by atoms with Gasteiger partial charge >= 0.3 is 11.8 Å². The number of nitrogens with one attached hydrogen (secondary N) is 1. The second kappa shape index (κ2) is 6.46. The van der Waals surface area contributed by atoms with E-state index in [1.807, 2.05) is 5.32 Å². The van der Waals surface area contributed by atoms with Gasteiger partial charge in [0.2, 0.25) is 5.82 Å². The van der Waals surface area contributed by atoms with Crippen LogP contribution in [0.4, 0.5) is 19.3 Å². The van der Waals surface area contributed by atoms with Crippen LogP contribution in [0.15, 0.2) is 12.1 Å². The number of nitro groups is 1. The van der Waals surface area contributed by atoms with Gasteiger partial charge in [0.1, 0.15) is 23.7 Å². The van der Waals surface area contributed by atoms with Crippen LogP contribution >= 0.6 is 0 Å². The highest BCUT2D eigenvalue weighted by Gasteiger charge is 2.29. The molecule has 120 valence electrons. The molecule has 0 aromatic heterocycles. The Morgan fingerprint density at radius 2 is 2.00 bits per heavy atom. The van der Waals surface area contributed by atoms with E-state index in [9.17, 15) is 28.5 Å². The van der Waals surface area contributed by atoms with E-state index in [2.05, 4.69) is 0 Å². The van der Waals surface area contributed by atoms with Gasteiger partial charge in [0.15, 0.2) is 0 Å². The molecule has 0 fully saturated rings. The number of amides is 1. The molecule has 0 spiro atoms. The van der Waals surface area contributed by atoms with Crippen molar-refractivity contribution in [2.24, 2.45) is 0 Å². The van der Waals surface area contributed by atoms with Gasteiger partial charge in [-0.1, -0.05) is 0 Å². The maximum atomic E-state index is 14.0. The van der Waals surface area contributed by atoms with Crippen molar-refractivity contribution in [1.29, 1.82) is 0 Å². The first-order chi connectivity index (χ1) is 10.1. The lowest BCUT2D eigenvalue weighted by atomic mass is 10.1. The second-order valence-corrected chi connectivity index (χ2v) is 5.31. The molecule has 1 aromatic rings. The first-order valence-corrected chi connectivity index (χ1v) is 6.14. The summed E-state index contributed by atoms with van der Waals surface area (Å²) in [4.78, 5) is 32.2. The van der Waals surface area contributed by atoms with Crippen molar-refractivity contribution in [1.82, 2.24) is 5.32 Å². The Labute approximate surface area is 124 Å². The molecular weight excluding hydrogens is 302 g/mol. The quantitative estimate of drug-likeness (QED) is 0.523. The zero-order chi connectivity index (χ0) is 17.1. The fourth-order valence-corrected chi connectivity index (χ4v) is 1.59. The summed E-state index contributed by atoms with van der Waals surface area (Å²) in [5.41, 5.74) is -2.82. The molecule has 1 N–H and O–H groups in total. The number of carbonyl (C=O) groups is 2. The number of aldehydes is 1. The molecule has 0 aliphatic carbocycles. The van der Waals surface area contributed by atoms with Crippen molar-refractivity contribution >= 4 is 18.1 Å². The topological polar surface area (TPSA) is 98.5 Å². The maximum absolute atomic E-state index is 14.0. The molecular formula is C13H14F2N2O5. The lowest BCUT2D eigenvalue weighted by Gasteiger charge is -2.21. The number of carbonyl (C=O) groups excluding carboxylic acids is 2. The third kappa shape index (κ3) is 4.21. The first kappa shape index (κ1) is 17.5. The Balaban J connectivity index is 3.15. The minimum atomic E-state index is -1.75. The Morgan fingerprint density at radius 1 is 1.41 bits per heavy atom. The van der Waals surface area contributed by atoms with Gasteiger partial charge in [-0.3, -0.25) is 10.1 Å². The molecule has 0 radical (unpaired) electrons. The van der Waals surface area contributed by atoms with E-state index in [0.717, 1.165) is 0 Å². The van der Waals surface area contributed by atoms with Crippen molar-refractivity contribution in [2.75, 3.05) is 0 Å². The third-order valence-electron chi connectivity index (χ3n) is 2.42. The van der Waals surface area contributed by atoms with E-state index in [4.69, 9.17) is 4.74 Å². The molecule has 0 bridgehead atoms. The van der Waals surface area contributed by atoms with Crippen LogP contribution in [0.3, 0.4) is 0 Å². The van der Waals surface area contributed by atoms with E-state index in [0.29, 0.717) is 12.1 Å². The van der Waals surface area contributed by atoms with Crippen LogP contribution in [0.1, 0.15) is 32.4 Å². The molecule has 1 atom stereocenters. The maximum Gasteiger partial charge on any atom is 0.408 e. The number of hydrogen-bond donors (Lipinski definition) is 1. The summed E-state index contributed by atoms with van der Waals surface area (Å²) in [7, 11) is 0. The Bertz CT molecular complexity index is 613. The number of benzene rings is 1. The van der Waals surface area contributed by atoms with Gasteiger partial charge < -0.3 is 14.8 Å². The smallest absolute Gasteiger partial charge is 0.408 e. The molecule has 1 unspecified atom stereocenters. The fraction of sp³-hybridized carbons (Fsp3) is 0.385. The Kier molecular flexibility index (Phi) is 5.13. The van der Waals surface area contributed by atoms with Gasteiger partial charge in [0.25, 0.3) is 0 Å². The summed E-state index contributed by atoms with van der Waals surface area (Å²) in [6.07, 6.45) is -1.04. The molecule has 1 rings (SSSR count). The molecule has 0 saturated heterocycles. The molecule has 0 aliphatic rings. The third-order valence-corrected chi connectivity index (χ3v) is 2.42. The molecule has 7 nitrogen and oxygen atoms in total. The summed E-state index contributed by atoms with van der Waals surface area (Å²) < 4.78 is 32.5. The highest BCUT2D eigenvalue weighted by molar-refractivity contribution is 5.75. The summed E-state index contributed by atoms with van der Waals surface area (Å²) in [5, 5.41) is 12.6. The van der Waals surface area contributed by atoms with E-state index >= 15 is 0 Å². The number of hydrogen-bond acceptors (Lipinski definition) is 5. The van der Waals surface area contributed by atoms with Crippen LogP contribution in [0.2, 0.25) is 0 Å². The molecule has 1 amide bonds. The van der Waals surface area contributed by atoms with Crippen LogP contribution in [0, 0.1) is 21.7 Å². The van der Waals surface area contributed by atoms with Gasteiger partial charge in [-0.2, -0.15) is 4.39 Å². The number of ether oxygens (including phenoxy) is 1. The van der Waals surface area contributed by atoms with Crippen LogP contribution in [-0.4, -0.2) is 22.9 Å². The first-order valence-electron chi connectivity index (χ1n) is 6.14. The normalized spacial score (nSPS) is 12.4. The fourth-order valence-electron chi connectivity index (χ4n) is 1.59. The predicted molar refractivity (Wildman–Crippen MR) is 71.2 cm³/mol. The predicted octanol–water partition coefficient (Wildman–Crippen LogP) is 2.64. The molecule has 0 saturated carbocycles. The summed E-state index contributed by atoms with van der Waals surface area (Å²) in [5.74, 6) is -2.73. The van der Waals surface area contributed by atoms with Crippen molar-refractivity contribution in [3.8, 4) is 0 Å². The van der Waals surface area contributed by atoms with Crippen molar-refractivity contribution < 1.29 is 28.0 Å². The minimum Gasteiger partial charge on any atom is -0.444 e. The molecule has 0 heterocycles. The zero-order valence-electron chi connectivity index (χ0n) is 12.1. The summed E-state index contributed by atoms with van der Waals surface area (Å²) in [6.45, 7) is 4.66. The Morgan fingerprint density at radius 3 is 2.45 bits per heavy atom. The number of halogens is 2.